The molecule has 0 amide bonds. The van der Waals surface area contributed by atoms with Gasteiger partial charge in [0.25, 0.3) is 0 Å². The van der Waals surface area contributed by atoms with Crippen LogP contribution in [0.2, 0.25) is 0 Å². The van der Waals surface area contributed by atoms with Crippen LogP contribution in [-0.4, -0.2) is 42.1 Å². The van der Waals surface area contributed by atoms with Crippen molar-refractivity contribution in [1.82, 2.24) is 9.88 Å². The smallest absolute Gasteiger partial charge is 0.129 e. The minimum absolute atomic E-state index is 0.225. The largest absolute Gasteiger partial charge is 0.356 e. The zero-order chi connectivity index (χ0) is 14.2. The van der Waals surface area contributed by atoms with Crippen molar-refractivity contribution in [2.75, 3.05) is 25.5 Å². The Kier molecular flexibility index (Phi) is 4.21. The lowest BCUT2D eigenvalue weighted by atomic mass is 9.77. The van der Waals surface area contributed by atoms with E-state index < -0.39 is 0 Å². The Labute approximate surface area is 125 Å². The van der Waals surface area contributed by atoms with Crippen molar-refractivity contribution in [2.45, 2.75) is 38.8 Å². The van der Waals surface area contributed by atoms with E-state index in [-0.39, 0.29) is 5.54 Å². The Morgan fingerprint density at radius 1 is 1.42 bits per heavy atom. The summed E-state index contributed by atoms with van der Waals surface area (Å²) in [4.78, 5) is 9.38. The van der Waals surface area contributed by atoms with E-state index in [1.807, 2.05) is 12.1 Å². The van der Waals surface area contributed by atoms with Gasteiger partial charge in [-0.25, -0.2) is 4.98 Å². The molecular weight excluding hydrogens is 302 g/mol. The fourth-order valence-corrected chi connectivity index (χ4v) is 3.31. The molecule has 0 bridgehead atoms. The average Bonchev–Trinajstić information content (AvgIpc) is 2.36. The van der Waals surface area contributed by atoms with Crippen molar-refractivity contribution in [2.24, 2.45) is 5.92 Å². The van der Waals surface area contributed by atoms with Crippen molar-refractivity contribution in [3.05, 3.63) is 22.8 Å². The van der Waals surface area contributed by atoms with Crippen LogP contribution in [0.5, 0.6) is 0 Å². The fourth-order valence-electron chi connectivity index (χ4n) is 2.98. The van der Waals surface area contributed by atoms with Crippen LogP contribution in [0.4, 0.5) is 5.82 Å². The molecule has 0 N–H and O–H groups in total. The van der Waals surface area contributed by atoms with Gasteiger partial charge in [0.05, 0.1) is 0 Å². The number of rotatable bonds is 2. The van der Waals surface area contributed by atoms with Gasteiger partial charge >= 0.3 is 0 Å². The van der Waals surface area contributed by atoms with Gasteiger partial charge < -0.3 is 9.80 Å². The van der Waals surface area contributed by atoms with Gasteiger partial charge in [0.2, 0.25) is 0 Å². The summed E-state index contributed by atoms with van der Waals surface area (Å²) < 4.78 is 0.900. The van der Waals surface area contributed by atoms with E-state index in [4.69, 9.17) is 0 Å². The lowest BCUT2D eigenvalue weighted by Gasteiger charge is -2.51. The van der Waals surface area contributed by atoms with E-state index in [0.717, 1.165) is 17.0 Å². The van der Waals surface area contributed by atoms with Gasteiger partial charge in [-0.05, 0) is 61.3 Å². The average molecular weight is 326 g/mol. The molecule has 19 heavy (non-hydrogen) atoms. The number of piperidine rings is 1. The van der Waals surface area contributed by atoms with Crippen LogP contribution in [0.3, 0.4) is 0 Å². The first-order valence-electron chi connectivity index (χ1n) is 6.90. The molecule has 0 saturated carbocycles. The molecule has 0 aromatic carbocycles. The van der Waals surface area contributed by atoms with E-state index in [2.05, 4.69) is 71.6 Å². The minimum atomic E-state index is 0.225. The monoisotopic (exact) mass is 325 g/mol. The minimum Gasteiger partial charge on any atom is -0.356 e. The molecule has 1 fully saturated rings. The van der Waals surface area contributed by atoms with Crippen LogP contribution in [0, 0.1) is 5.92 Å². The molecule has 0 spiro atoms. The molecule has 1 saturated heterocycles. The molecule has 0 aliphatic carbocycles. The standard InChI is InChI=1S/C15H24BrN3/c1-11-12(9-10-18(4)15(11,2)3)19(5)14-8-6-7-13(16)17-14/h6-8,11-12H,9-10H2,1-5H3. The molecular formula is C15H24BrN3. The number of pyridine rings is 1. The Bertz CT molecular complexity index is 447. The number of hydrogen-bond donors (Lipinski definition) is 0. The van der Waals surface area contributed by atoms with Crippen molar-refractivity contribution >= 4 is 21.7 Å². The van der Waals surface area contributed by atoms with E-state index in [9.17, 15) is 0 Å². The van der Waals surface area contributed by atoms with Gasteiger partial charge in [-0.3, -0.25) is 0 Å². The molecule has 4 heteroatoms. The molecule has 1 aromatic rings. The van der Waals surface area contributed by atoms with E-state index in [1.54, 1.807) is 0 Å². The summed E-state index contributed by atoms with van der Waals surface area (Å²) in [6.07, 6.45) is 1.19. The third-order valence-electron chi connectivity index (χ3n) is 4.99. The molecule has 2 rings (SSSR count). The second kappa shape index (κ2) is 5.41. The predicted octanol–water partition coefficient (Wildman–Crippen LogP) is 3.40. The highest BCUT2D eigenvalue weighted by atomic mass is 79.9. The summed E-state index contributed by atoms with van der Waals surface area (Å²) in [5.74, 6) is 1.64. The summed E-state index contributed by atoms with van der Waals surface area (Å²) in [5.41, 5.74) is 0.225. The Morgan fingerprint density at radius 3 is 2.74 bits per heavy atom. The second-order valence-electron chi connectivity index (χ2n) is 6.15. The lowest BCUT2D eigenvalue weighted by Crippen LogP contribution is -2.59. The Morgan fingerprint density at radius 2 is 2.11 bits per heavy atom. The number of likely N-dealkylation sites (tertiary alicyclic amines) is 1. The number of nitrogens with zero attached hydrogens (tertiary/aromatic N) is 3. The Balaban J connectivity index is 2.22. The van der Waals surface area contributed by atoms with Gasteiger partial charge in [-0.1, -0.05) is 13.0 Å². The van der Waals surface area contributed by atoms with Gasteiger partial charge in [-0.2, -0.15) is 0 Å². The highest BCUT2D eigenvalue weighted by molar-refractivity contribution is 9.10. The Hall–Kier alpha value is -0.610. The molecule has 0 radical (unpaired) electrons. The molecule has 2 heterocycles. The summed E-state index contributed by atoms with van der Waals surface area (Å²) >= 11 is 3.46. The topological polar surface area (TPSA) is 19.4 Å². The van der Waals surface area contributed by atoms with E-state index >= 15 is 0 Å². The maximum absolute atomic E-state index is 4.58. The highest BCUT2D eigenvalue weighted by Gasteiger charge is 2.41. The first-order chi connectivity index (χ1) is 8.84. The summed E-state index contributed by atoms with van der Waals surface area (Å²) in [6, 6.07) is 6.64. The van der Waals surface area contributed by atoms with Gasteiger partial charge in [0.1, 0.15) is 10.4 Å². The van der Waals surface area contributed by atoms with Gasteiger partial charge in [0.15, 0.2) is 0 Å². The number of hydrogen-bond acceptors (Lipinski definition) is 3. The molecule has 1 aliphatic heterocycles. The van der Waals surface area contributed by atoms with Crippen LogP contribution in [0.25, 0.3) is 0 Å². The highest BCUT2D eigenvalue weighted by Crippen LogP contribution is 2.35. The van der Waals surface area contributed by atoms with Crippen molar-refractivity contribution < 1.29 is 0 Å². The summed E-state index contributed by atoms with van der Waals surface area (Å²) in [5, 5.41) is 0. The lowest BCUT2D eigenvalue weighted by molar-refractivity contribution is 0.0391. The normalized spacial score (nSPS) is 27.3. The molecule has 1 aromatic heterocycles. The van der Waals surface area contributed by atoms with Crippen molar-refractivity contribution in [1.29, 1.82) is 0 Å². The number of halogens is 1. The van der Waals surface area contributed by atoms with Crippen molar-refractivity contribution in [3.63, 3.8) is 0 Å². The maximum atomic E-state index is 4.58. The van der Waals surface area contributed by atoms with Crippen LogP contribution in [0.1, 0.15) is 27.2 Å². The summed E-state index contributed by atoms with van der Waals surface area (Å²) in [7, 11) is 4.39. The summed E-state index contributed by atoms with van der Waals surface area (Å²) in [6.45, 7) is 8.17. The number of aromatic nitrogens is 1. The fraction of sp³-hybridized carbons (Fsp3) is 0.667. The molecule has 2 unspecified atom stereocenters. The van der Waals surface area contributed by atoms with Crippen LogP contribution in [0.15, 0.2) is 22.8 Å². The molecule has 1 aliphatic rings. The van der Waals surface area contributed by atoms with E-state index in [1.165, 1.54) is 6.42 Å². The van der Waals surface area contributed by atoms with Gasteiger partial charge in [-0.15, -0.1) is 0 Å². The van der Waals surface area contributed by atoms with E-state index in [0.29, 0.717) is 12.0 Å². The zero-order valence-corrected chi connectivity index (χ0v) is 14.1. The van der Waals surface area contributed by atoms with Crippen LogP contribution in [-0.2, 0) is 0 Å². The third-order valence-corrected chi connectivity index (χ3v) is 5.44. The SMILES string of the molecule is CC1C(N(C)c2cccc(Br)n2)CCN(C)C1(C)C. The first kappa shape index (κ1) is 14.8. The van der Waals surface area contributed by atoms with Crippen LogP contribution < -0.4 is 4.90 Å². The third kappa shape index (κ3) is 2.79. The van der Waals surface area contributed by atoms with Crippen molar-refractivity contribution in [3.8, 4) is 0 Å². The van der Waals surface area contributed by atoms with Gasteiger partial charge in [0, 0.05) is 25.2 Å². The van der Waals surface area contributed by atoms with Crippen LogP contribution >= 0.6 is 15.9 Å². The predicted molar refractivity (Wildman–Crippen MR) is 84.6 cm³/mol. The zero-order valence-electron chi connectivity index (χ0n) is 12.5. The molecule has 2 atom stereocenters. The molecule has 106 valence electrons. The first-order valence-corrected chi connectivity index (χ1v) is 7.70. The number of anilines is 1. The second-order valence-corrected chi connectivity index (χ2v) is 6.96. The maximum Gasteiger partial charge on any atom is 0.129 e. The quantitative estimate of drug-likeness (QED) is 0.777. The molecule has 3 nitrogen and oxygen atoms in total.